The second-order valence-electron chi connectivity index (χ2n) is 4.32. The van der Waals surface area contributed by atoms with Gasteiger partial charge in [-0.25, -0.2) is 0 Å². The summed E-state index contributed by atoms with van der Waals surface area (Å²) in [6, 6.07) is 0. The molecule has 11 heavy (non-hydrogen) atoms. The van der Waals surface area contributed by atoms with E-state index in [1.807, 2.05) is 0 Å². The number of hydrogen-bond donors (Lipinski definition) is 1. The number of hydrogen-bond acceptors (Lipinski definition) is 2. The van der Waals surface area contributed by atoms with Crippen molar-refractivity contribution in [2.24, 2.45) is 5.92 Å². The van der Waals surface area contributed by atoms with Gasteiger partial charge in [0.1, 0.15) is 0 Å². The van der Waals surface area contributed by atoms with E-state index in [-0.39, 0.29) is 0 Å². The lowest BCUT2D eigenvalue weighted by molar-refractivity contribution is 0.114. The third-order valence-corrected chi connectivity index (χ3v) is 3.20. The molecule has 0 spiro atoms. The summed E-state index contributed by atoms with van der Waals surface area (Å²) in [5, 5.41) is 3.45. The Hall–Kier alpha value is -0.0800. The van der Waals surface area contributed by atoms with Crippen molar-refractivity contribution < 1.29 is 0 Å². The van der Waals surface area contributed by atoms with Gasteiger partial charge in [0.15, 0.2) is 0 Å². The fourth-order valence-corrected chi connectivity index (χ4v) is 2.22. The Balaban J connectivity index is 1.74. The summed E-state index contributed by atoms with van der Waals surface area (Å²) >= 11 is 0. The summed E-state index contributed by atoms with van der Waals surface area (Å²) in [7, 11) is 4.31. The van der Waals surface area contributed by atoms with Crippen molar-refractivity contribution in [1.82, 2.24) is 10.2 Å². The van der Waals surface area contributed by atoms with E-state index in [4.69, 9.17) is 0 Å². The van der Waals surface area contributed by atoms with Crippen molar-refractivity contribution in [1.29, 1.82) is 0 Å². The van der Waals surface area contributed by atoms with Crippen LogP contribution in [0.2, 0.25) is 0 Å². The predicted octanol–water partition coefficient (Wildman–Crippen LogP) is 0.690. The van der Waals surface area contributed by atoms with Crippen molar-refractivity contribution in [2.45, 2.75) is 24.8 Å². The second kappa shape index (κ2) is 2.46. The summed E-state index contributed by atoms with van der Waals surface area (Å²) in [6.07, 6.45) is 4.22. The largest absolute Gasteiger partial charge is 0.314 e. The van der Waals surface area contributed by atoms with E-state index >= 15 is 0 Å². The molecule has 64 valence electrons. The molecular formula is C9H18N2. The lowest BCUT2D eigenvalue weighted by Crippen LogP contribution is -2.47. The lowest BCUT2D eigenvalue weighted by atomic mass is 9.92. The highest BCUT2D eigenvalue weighted by atomic mass is 15.2. The molecule has 2 heteroatoms. The van der Waals surface area contributed by atoms with Crippen LogP contribution in [0.1, 0.15) is 19.3 Å². The van der Waals surface area contributed by atoms with Gasteiger partial charge in [-0.3, -0.25) is 0 Å². The normalized spacial score (nSPS) is 30.0. The first-order chi connectivity index (χ1) is 5.24. The molecule has 2 aliphatic rings. The van der Waals surface area contributed by atoms with Gasteiger partial charge in [0.2, 0.25) is 0 Å². The molecule has 0 aromatic heterocycles. The monoisotopic (exact) mass is 154 g/mol. The molecule has 1 N–H and O–H groups in total. The van der Waals surface area contributed by atoms with Crippen LogP contribution in [0.25, 0.3) is 0 Å². The first kappa shape index (κ1) is 7.56. The topological polar surface area (TPSA) is 15.3 Å². The maximum Gasteiger partial charge on any atom is 0.0183 e. The number of nitrogens with zero attached hydrogens (tertiary/aromatic N) is 1. The van der Waals surface area contributed by atoms with Gasteiger partial charge in [-0.15, -0.1) is 0 Å². The minimum Gasteiger partial charge on any atom is -0.314 e. The minimum absolute atomic E-state index is 0.575. The maximum atomic E-state index is 3.45. The number of likely N-dealkylation sites (tertiary alicyclic amines) is 1. The van der Waals surface area contributed by atoms with Gasteiger partial charge >= 0.3 is 0 Å². The van der Waals surface area contributed by atoms with Gasteiger partial charge in [0.25, 0.3) is 0 Å². The van der Waals surface area contributed by atoms with Crippen LogP contribution in [0.15, 0.2) is 0 Å². The van der Waals surface area contributed by atoms with Crippen molar-refractivity contribution >= 4 is 0 Å². The Labute approximate surface area is 69.0 Å². The molecule has 0 atom stereocenters. The van der Waals surface area contributed by atoms with Crippen LogP contribution < -0.4 is 5.32 Å². The molecule has 2 fully saturated rings. The second-order valence-corrected chi connectivity index (χ2v) is 4.32. The van der Waals surface area contributed by atoms with Crippen LogP contribution in [0.5, 0.6) is 0 Å². The van der Waals surface area contributed by atoms with E-state index in [1.54, 1.807) is 0 Å². The Morgan fingerprint density at radius 2 is 2.09 bits per heavy atom. The van der Waals surface area contributed by atoms with Gasteiger partial charge in [-0.2, -0.15) is 0 Å². The first-order valence-corrected chi connectivity index (χ1v) is 4.62. The molecule has 1 aliphatic carbocycles. The molecule has 1 heterocycles. The maximum absolute atomic E-state index is 3.45. The van der Waals surface area contributed by atoms with E-state index in [2.05, 4.69) is 24.3 Å². The van der Waals surface area contributed by atoms with Crippen molar-refractivity contribution in [3.63, 3.8) is 0 Å². The van der Waals surface area contributed by atoms with Gasteiger partial charge in [0.05, 0.1) is 0 Å². The van der Waals surface area contributed by atoms with Crippen molar-refractivity contribution in [2.75, 3.05) is 27.2 Å². The molecule has 1 saturated carbocycles. The van der Waals surface area contributed by atoms with E-state index in [0.29, 0.717) is 5.54 Å². The van der Waals surface area contributed by atoms with Crippen molar-refractivity contribution in [3.8, 4) is 0 Å². The fourth-order valence-electron chi connectivity index (χ4n) is 2.22. The number of rotatable bonds is 3. The van der Waals surface area contributed by atoms with Gasteiger partial charge in [-0.1, -0.05) is 0 Å². The highest BCUT2D eigenvalue weighted by Crippen LogP contribution is 2.42. The molecule has 1 saturated heterocycles. The van der Waals surface area contributed by atoms with Gasteiger partial charge < -0.3 is 10.2 Å². The SMILES string of the molecule is CNC1(CC2CN(C)C2)CC1. The molecule has 0 amide bonds. The van der Waals surface area contributed by atoms with Crippen molar-refractivity contribution in [3.05, 3.63) is 0 Å². The number of nitrogens with one attached hydrogen (secondary N) is 1. The van der Waals surface area contributed by atoms with E-state index in [1.165, 1.54) is 32.4 Å². The summed E-state index contributed by atoms with van der Waals surface area (Å²) in [5.41, 5.74) is 0.575. The molecule has 1 aliphatic heterocycles. The average molecular weight is 154 g/mol. The Kier molecular flexibility index (Phi) is 1.69. The van der Waals surface area contributed by atoms with E-state index in [9.17, 15) is 0 Å². The third kappa shape index (κ3) is 1.42. The Bertz CT molecular complexity index is 146. The molecule has 0 radical (unpaired) electrons. The lowest BCUT2D eigenvalue weighted by Gasteiger charge is -2.38. The zero-order valence-electron chi connectivity index (χ0n) is 7.56. The highest BCUT2D eigenvalue weighted by Gasteiger charge is 2.44. The van der Waals surface area contributed by atoms with Crippen LogP contribution in [0.3, 0.4) is 0 Å². The molecule has 2 nitrogen and oxygen atoms in total. The molecule has 2 rings (SSSR count). The van der Waals surface area contributed by atoms with Crippen LogP contribution >= 0.6 is 0 Å². The predicted molar refractivity (Wildman–Crippen MR) is 46.6 cm³/mol. The molecular weight excluding hydrogens is 136 g/mol. The Morgan fingerprint density at radius 1 is 1.45 bits per heavy atom. The molecule has 0 aromatic carbocycles. The standard InChI is InChI=1S/C9H18N2/c1-10-9(3-4-9)5-8-6-11(2)7-8/h8,10H,3-7H2,1-2H3. The van der Waals surface area contributed by atoms with E-state index in [0.717, 1.165) is 5.92 Å². The molecule has 0 aromatic rings. The average Bonchev–Trinajstić information content (AvgIpc) is 2.66. The fraction of sp³-hybridized carbons (Fsp3) is 1.00. The summed E-state index contributed by atoms with van der Waals surface area (Å²) in [6.45, 7) is 2.65. The summed E-state index contributed by atoms with van der Waals surface area (Å²) in [4.78, 5) is 2.40. The highest BCUT2D eigenvalue weighted by molar-refractivity contribution is 5.03. The molecule has 0 unspecified atom stereocenters. The first-order valence-electron chi connectivity index (χ1n) is 4.62. The zero-order chi connectivity index (χ0) is 7.90. The van der Waals surface area contributed by atoms with Crippen LogP contribution in [0, 0.1) is 5.92 Å². The Morgan fingerprint density at radius 3 is 2.45 bits per heavy atom. The molecule has 0 bridgehead atoms. The summed E-state index contributed by atoms with van der Waals surface area (Å²) < 4.78 is 0. The zero-order valence-corrected chi connectivity index (χ0v) is 7.56. The summed E-state index contributed by atoms with van der Waals surface area (Å²) in [5.74, 6) is 0.981. The van der Waals surface area contributed by atoms with E-state index < -0.39 is 0 Å². The third-order valence-electron chi connectivity index (χ3n) is 3.20. The van der Waals surface area contributed by atoms with Crippen LogP contribution in [-0.4, -0.2) is 37.6 Å². The minimum atomic E-state index is 0.575. The van der Waals surface area contributed by atoms with Gasteiger partial charge in [-0.05, 0) is 39.3 Å². The van der Waals surface area contributed by atoms with Crippen LogP contribution in [0.4, 0.5) is 0 Å². The quantitative estimate of drug-likeness (QED) is 0.643. The smallest absolute Gasteiger partial charge is 0.0183 e. The van der Waals surface area contributed by atoms with Crippen LogP contribution in [-0.2, 0) is 0 Å². The van der Waals surface area contributed by atoms with Gasteiger partial charge in [0, 0.05) is 18.6 Å².